The van der Waals surface area contributed by atoms with Gasteiger partial charge >= 0.3 is 0 Å². The molecule has 1 aromatic carbocycles. The predicted molar refractivity (Wildman–Crippen MR) is 114 cm³/mol. The average molecular weight is 406 g/mol. The molecule has 2 fully saturated rings. The summed E-state index contributed by atoms with van der Waals surface area (Å²) in [5.41, 5.74) is 2.40. The summed E-state index contributed by atoms with van der Waals surface area (Å²) in [5, 5.41) is 0. The molecule has 0 bridgehead atoms. The molecule has 3 heterocycles. The van der Waals surface area contributed by atoms with Crippen molar-refractivity contribution in [3.8, 4) is 0 Å². The maximum Gasteiger partial charge on any atom is 0.272 e. The second-order valence-electron chi connectivity index (χ2n) is 7.79. The number of hydrogen-bond donors (Lipinski definition) is 0. The van der Waals surface area contributed by atoms with E-state index in [2.05, 4.69) is 9.88 Å². The SMILES string of the molecule is CC(=O)c1ccc(N2CCN(C(=O)c3cccc(C(=O)N4CCCC4)n3)CC2)cc1. The van der Waals surface area contributed by atoms with Crippen LogP contribution in [0.2, 0.25) is 0 Å². The van der Waals surface area contributed by atoms with Crippen LogP contribution in [0.1, 0.15) is 51.1 Å². The minimum atomic E-state index is -0.141. The van der Waals surface area contributed by atoms with Gasteiger partial charge in [-0.3, -0.25) is 14.4 Å². The van der Waals surface area contributed by atoms with Gasteiger partial charge in [0.1, 0.15) is 11.4 Å². The van der Waals surface area contributed by atoms with Crippen molar-refractivity contribution in [1.29, 1.82) is 0 Å². The normalized spacial score (nSPS) is 16.6. The highest BCUT2D eigenvalue weighted by molar-refractivity contribution is 5.96. The van der Waals surface area contributed by atoms with Gasteiger partial charge in [-0.1, -0.05) is 6.07 Å². The molecule has 0 aliphatic carbocycles. The molecule has 0 spiro atoms. The van der Waals surface area contributed by atoms with Crippen LogP contribution < -0.4 is 4.90 Å². The fourth-order valence-corrected chi connectivity index (χ4v) is 3.99. The van der Waals surface area contributed by atoms with E-state index in [1.807, 2.05) is 24.3 Å². The van der Waals surface area contributed by atoms with E-state index < -0.39 is 0 Å². The number of piperazine rings is 1. The van der Waals surface area contributed by atoms with E-state index in [9.17, 15) is 14.4 Å². The fourth-order valence-electron chi connectivity index (χ4n) is 3.99. The van der Waals surface area contributed by atoms with Gasteiger partial charge in [0.15, 0.2) is 5.78 Å². The van der Waals surface area contributed by atoms with Crippen molar-refractivity contribution >= 4 is 23.3 Å². The number of aromatic nitrogens is 1. The third-order valence-electron chi connectivity index (χ3n) is 5.79. The van der Waals surface area contributed by atoms with Gasteiger partial charge in [0.05, 0.1) is 0 Å². The van der Waals surface area contributed by atoms with Gasteiger partial charge in [-0.2, -0.15) is 0 Å². The molecule has 0 radical (unpaired) electrons. The summed E-state index contributed by atoms with van der Waals surface area (Å²) in [5.74, 6) is -0.187. The monoisotopic (exact) mass is 406 g/mol. The second-order valence-corrected chi connectivity index (χ2v) is 7.79. The Labute approximate surface area is 176 Å². The molecular formula is C23H26N4O3. The maximum absolute atomic E-state index is 12.9. The van der Waals surface area contributed by atoms with Gasteiger partial charge < -0.3 is 14.7 Å². The van der Waals surface area contributed by atoms with Crippen LogP contribution >= 0.6 is 0 Å². The van der Waals surface area contributed by atoms with Crippen molar-refractivity contribution in [2.75, 3.05) is 44.2 Å². The number of nitrogens with zero attached hydrogens (tertiary/aromatic N) is 4. The summed E-state index contributed by atoms with van der Waals surface area (Å²) in [4.78, 5) is 47.1. The van der Waals surface area contributed by atoms with Crippen LogP contribution in [0, 0.1) is 0 Å². The Hall–Kier alpha value is -3.22. The van der Waals surface area contributed by atoms with Crippen LogP contribution in [0.25, 0.3) is 0 Å². The van der Waals surface area contributed by atoms with Crippen molar-refractivity contribution in [3.05, 3.63) is 59.4 Å². The summed E-state index contributed by atoms with van der Waals surface area (Å²) in [6.45, 7) is 5.65. The Morgan fingerprint density at radius 1 is 0.733 bits per heavy atom. The van der Waals surface area contributed by atoms with Crippen LogP contribution in [0.5, 0.6) is 0 Å². The van der Waals surface area contributed by atoms with E-state index in [0.717, 1.165) is 31.6 Å². The zero-order valence-electron chi connectivity index (χ0n) is 17.2. The average Bonchev–Trinajstić information content (AvgIpc) is 3.33. The molecule has 0 saturated carbocycles. The highest BCUT2D eigenvalue weighted by Gasteiger charge is 2.25. The maximum atomic E-state index is 12.9. The standard InChI is InChI=1S/C23H26N4O3/c1-17(28)18-7-9-19(10-8-18)25-13-15-27(16-14-25)23(30)21-6-4-5-20(24-21)22(29)26-11-2-3-12-26/h4-10H,2-3,11-16H2,1H3. The molecule has 30 heavy (non-hydrogen) atoms. The first-order chi connectivity index (χ1) is 14.5. The van der Waals surface area contributed by atoms with Gasteiger partial charge in [0, 0.05) is 50.5 Å². The van der Waals surface area contributed by atoms with Gasteiger partial charge in [-0.15, -0.1) is 0 Å². The molecule has 2 aliphatic heterocycles. The first-order valence-electron chi connectivity index (χ1n) is 10.4. The Kier molecular flexibility index (Phi) is 5.79. The number of likely N-dealkylation sites (tertiary alicyclic amines) is 1. The molecule has 156 valence electrons. The number of amides is 2. The van der Waals surface area contributed by atoms with Crippen LogP contribution in [0.4, 0.5) is 5.69 Å². The molecule has 7 nitrogen and oxygen atoms in total. The lowest BCUT2D eigenvalue weighted by molar-refractivity contribution is 0.0739. The molecule has 4 rings (SSSR count). The number of carbonyl (C=O) groups excluding carboxylic acids is 3. The lowest BCUT2D eigenvalue weighted by atomic mass is 10.1. The Morgan fingerprint density at radius 3 is 1.80 bits per heavy atom. The predicted octanol–water partition coefficient (Wildman–Crippen LogP) is 2.48. The molecular weight excluding hydrogens is 380 g/mol. The van der Waals surface area contributed by atoms with Crippen molar-refractivity contribution < 1.29 is 14.4 Å². The summed E-state index contributed by atoms with van der Waals surface area (Å²) >= 11 is 0. The third-order valence-corrected chi connectivity index (χ3v) is 5.79. The van der Waals surface area contributed by atoms with Crippen molar-refractivity contribution in [2.45, 2.75) is 19.8 Å². The molecule has 2 aromatic rings. The molecule has 2 aliphatic rings. The number of Topliss-reactive ketones (excluding diaryl/α,β-unsaturated/α-hetero) is 1. The van der Waals surface area contributed by atoms with Crippen LogP contribution in [0.15, 0.2) is 42.5 Å². The first-order valence-corrected chi connectivity index (χ1v) is 10.4. The van der Waals surface area contributed by atoms with E-state index in [-0.39, 0.29) is 17.6 Å². The van der Waals surface area contributed by atoms with E-state index >= 15 is 0 Å². The van der Waals surface area contributed by atoms with Gasteiger partial charge in [0.2, 0.25) is 0 Å². The zero-order chi connectivity index (χ0) is 21.1. The van der Waals surface area contributed by atoms with Crippen molar-refractivity contribution in [1.82, 2.24) is 14.8 Å². The van der Waals surface area contributed by atoms with Crippen molar-refractivity contribution in [2.24, 2.45) is 0 Å². The Morgan fingerprint density at radius 2 is 1.27 bits per heavy atom. The van der Waals surface area contributed by atoms with Gasteiger partial charge in [0.25, 0.3) is 11.8 Å². The zero-order valence-corrected chi connectivity index (χ0v) is 17.2. The molecule has 2 amide bonds. The smallest absolute Gasteiger partial charge is 0.272 e. The van der Waals surface area contributed by atoms with Gasteiger partial charge in [-0.05, 0) is 56.2 Å². The van der Waals surface area contributed by atoms with E-state index in [4.69, 9.17) is 0 Å². The fraction of sp³-hybridized carbons (Fsp3) is 0.391. The summed E-state index contributed by atoms with van der Waals surface area (Å²) in [6, 6.07) is 12.7. The van der Waals surface area contributed by atoms with Crippen LogP contribution in [0.3, 0.4) is 0 Å². The molecule has 0 unspecified atom stereocenters. The molecule has 7 heteroatoms. The van der Waals surface area contributed by atoms with Crippen molar-refractivity contribution in [3.63, 3.8) is 0 Å². The highest BCUT2D eigenvalue weighted by Crippen LogP contribution is 2.19. The number of pyridine rings is 1. The van der Waals surface area contributed by atoms with Gasteiger partial charge in [-0.25, -0.2) is 4.98 Å². The highest BCUT2D eigenvalue weighted by atomic mass is 16.2. The number of carbonyl (C=O) groups is 3. The number of benzene rings is 1. The summed E-state index contributed by atoms with van der Waals surface area (Å²) in [6.07, 6.45) is 2.04. The topological polar surface area (TPSA) is 73.8 Å². The molecule has 2 saturated heterocycles. The second kappa shape index (κ2) is 8.65. The quantitative estimate of drug-likeness (QED) is 0.730. The van der Waals surface area contributed by atoms with Crippen LogP contribution in [-0.2, 0) is 0 Å². The Balaban J connectivity index is 1.39. The van der Waals surface area contributed by atoms with E-state index in [1.165, 1.54) is 0 Å². The number of anilines is 1. The minimum absolute atomic E-state index is 0.0508. The summed E-state index contributed by atoms with van der Waals surface area (Å²) in [7, 11) is 0. The number of hydrogen-bond acceptors (Lipinski definition) is 5. The molecule has 1 aromatic heterocycles. The lowest BCUT2D eigenvalue weighted by Gasteiger charge is -2.36. The molecule has 0 N–H and O–H groups in total. The number of rotatable bonds is 4. The largest absolute Gasteiger partial charge is 0.368 e. The first kappa shape index (κ1) is 20.1. The minimum Gasteiger partial charge on any atom is -0.368 e. The lowest BCUT2D eigenvalue weighted by Crippen LogP contribution is -2.49. The third kappa shape index (κ3) is 4.20. The van der Waals surface area contributed by atoms with E-state index in [1.54, 1.807) is 34.9 Å². The molecule has 0 atom stereocenters. The summed E-state index contributed by atoms with van der Waals surface area (Å²) < 4.78 is 0. The number of ketones is 1. The van der Waals surface area contributed by atoms with Crippen LogP contribution in [-0.4, -0.2) is 71.6 Å². The Bertz CT molecular complexity index is 943. The van der Waals surface area contributed by atoms with E-state index in [0.29, 0.717) is 43.1 Å².